The van der Waals surface area contributed by atoms with Gasteiger partial charge in [-0.2, -0.15) is 0 Å². The highest BCUT2D eigenvalue weighted by Gasteiger charge is 2.54. The van der Waals surface area contributed by atoms with E-state index in [0.29, 0.717) is 10.7 Å². The van der Waals surface area contributed by atoms with Crippen LogP contribution >= 0.6 is 46.6 Å². The Bertz CT molecular complexity index is 1360. The van der Waals surface area contributed by atoms with Gasteiger partial charge in [-0.25, -0.2) is 14.8 Å². The van der Waals surface area contributed by atoms with E-state index >= 15 is 0 Å². The number of fused-ring (bicyclic) bond motifs is 1. The van der Waals surface area contributed by atoms with Gasteiger partial charge in [-0.05, 0) is 18.2 Å². The molecule has 2 aromatic heterocycles. The van der Waals surface area contributed by atoms with E-state index in [-0.39, 0.29) is 34.3 Å². The highest BCUT2D eigenvalue weighted by atomic mass is 32.2. The van der Waals surface area contributed by atoms with Crippen LogP contribution < -0.4 is 22.5 Å². The fraction of sp³-hybridized carbons (Fsp3) is 0.333. The third-order valence-electron chi connectivity index (χ3n) is 5.44. The molecule has 0 aliphatic carbocycles. The van der Waals surface area contributed by atoms with Crippen LogP contribution in [-0.2, 0) is 14.4 Å². The number of thiazole rings is 1. The zero-order chi connectivity index (χ0) is 28.3. The van der Waals surface area contributed by atoms with Crippen molar-refractivity contribution in [1.29, 1.82) is 0 Å². The molecule has 0 saturated carbocycles. The predicted octanol–water partition coefficient (Wildman–Crippen LogP) is 1.17. The van der Waals surface area contributed by atoms with Crippen molar-refractivity contribution in [3.63, 3.8) is 0 Å². The lowest BCUT2D eigenvalue weighted by Gasteiger charge is -2.49. The number of rotatable bonds is 11. The van der Waals surface area contributed by atoms with Gasteiger partial charge in [0, 0.05) is 44.0 Å². The summed E-state index contributed by atoms with van der Waals surface area (Å²) in [4.78, 5) is 64.7. The number of aliphatic carboxylic acids is 1. The predicted molar refractivity (Wildman–Crippen MR) is 151 cm³/mol. The molecule has 0 radical (unpaired) electrons. The third-order valence-corrected chi connectivity index (χ3v) is 10.2. The van der Waals surface area contributed by atoms with Crippen LogP contribution in [0.2, 0.25) is 0 Å². The molecule has 1 saturated heterocycles. The van der Waals surface area contributed by atoms with E-state index in [9.17, 15) is 24.4 Å². The van der Waals surface area contributed by atoms with E-state index in [1.165, 1.54) is 40.7 Å². The Morgan fingerprint density at radius 3 is 2.77 bits per heavy atom. The van der Waals surface area contributed by atoms with E-state index in [1.54, 1.807) is 18.5 Å². The van der Waals surface area contributed by atoms with Crippen molar-refractivity contribution >= 4 is 75.5 Å². The molecule has 18 heteroatoms. The van der Waals surface area contributed by atoms with E-state index < -0.39 is 35.2 Å². The molecule has 4 heterocycles. The summed E-state index contributed by atoms with van der Waals surface area (Å²) in [5.41, 5.74) is 16.4. The quantitative estimate of drug-likeness (QED) is 0.0792. The summed E-state index contributed by atoms with van der Waals surface area (Å²) < 4.78 is 0. The summed E-state index contributed by atoms with van der Waals surface area (Å²) in [6.07, 6.45) is 3.27. The molecule has 206 valence electrons. The first kappa shape index (κ1) is 28.7. The van der Waals surface area contributed by atoms with Crippen molar-refractivity contribution in [3.05, 3.63) is 45.0 Å². The number of β-lactam (4-membered cyclic amide) rings is 1. The monoisotopic (exact) mass is 609 g/mol. The Hall–Kier alpha value is -3.35. The van der Waals surface area contributed by atoms with Crippen molar-refractivity contribution in [2.45, 2.75) is 40.2 Å². The number of carbonyl (C=O) groups is 3. The average molecular weight is 610 g/mol. The summed E-state index contributed by atoms with van der Waals surface area (Å²) in [5, 5.41) is 16.3. The van der Waals surface area contributed by atoms with Gasteiger partial charge in [0.25, 0.3) is 11.8 Å². The van der Waals surface area contributed by atoms with Crippen LogP contribution in [0.4, 0.5) is 5.13 Å². The number of nitroso groups, excluding NO2 is 1. The number of thioether (sulfide) groups is 3. The normalized spacial score (nSPS) is 19.9. The second kappa shape index (κ2) is 12.2. The minimum Gasteiger partial charge on any atom is -0.477 e. The first-order valence-electron chi connectivity index (χ1n) is 11.2. The summed E-state index contributed by atoms with van der Waals surface area (Å²) >= 11 is 5.06. The Labute approximate surface area is 238 Å². The number of nitrogens with one attached hydrogen (secondary N) is 1. The summed E-state index contributed by atoms with van der Waals surface area (Å²) in [7, 11) is 0. The Morgan fingerprint density at radius 2 is 2.13 bits per heavy atom. The number of aromatic nitrogens is 2. The molecule has 2 aliphatic heterocycles. The second-order valence-corrected chi connectivity index (χ2v) is 12.4. The zero-order valence-corrected chi connectivity index (χ0v) is 23.5. The number of nitrogen functional groups attached to an aromatic ring is 1. The van der Waals surface area contributed by atoms with E-state index in [4.69, 9.17) is 17.2 Å². The number of aliphatic imine (C=N–C) groups is 1. The molecule has 14 nitrogen and oxygen atoms in total. The number of nitrogens with two attached hydrogens (primary N) is 3. The number of hydrogen-bond donors (Lipinski definition) is 5. The van der Waals surface area contributed by atoms with Crippen LogP contribution in [0.3, 0.4) is 0 Å². The fourth-order valence-electron chi connectivity index (χ4n) is 3.76. The lowest BCUT2D eigenvalue weighted by molar-refractivity contribution is -0.150. The summed E-state index contributed by atoms with van der Waals surface area (Å²) in [6.45, 7) is 1.86. The summed E-state index contributed by atoms with van der Waals surface area (Å²) in [5.74, 6) is -1.85. The van der Waals surface area contributed by atoms with Crippen LogP contribution in [0.25, 0.3) is 0 Å². The fourth-order valence-corrected chi connectivity index (χ4v) is 7.95. The van der Waals surface area contributed by atoms with E-state index in [1.807, 2.05) is 6.92 Å². The molecule has 4 rings (SSSR count). The number of carboxylic acid groups (broad SMARTS) is 1. The van der Waals surface area contributed by atoms with Crippen molar-refractivity contribution < 1.29 is 19.5 Å². The molecule has 0 aromatic carbocycles. The number of guanidine groups is 1. The van der Waals surface area contributed by atoms with Crippen LogP contribution in [-0.4, -0.2) is 72.7 Å². The van der Waals surface area contributed by atoms with Crippen molar-refractivity contribution in [2.75, 3.05) is 17.2 Å². The highest BCUT2D eigenvalue weighted by Crippen LogP contribution is 2.46. The zero-order valence-electron chi connectivity index (χ0n) is 20.2. The van der Waals surface area contributed by atoms with Crippen molar-refractivity contribution in [3.8, 4) is 0 Å². The topological polar surface area (TPSA) is 232 Å². The van der Waals surface area contributed by atoms with Gasteiger partial charge in [0.1, 0.15) is 17.1 Å². The summed E-state index contributed by atoms with van der Waals surface area (Å²) in [6, 6.07) is -0.884. The SMILES string of the molecule is CC(CSc1cnccc1SC1=C(C(=O)O)N2C(=O)[C@@H](NC(=O)C(N=O)c3csc(N)n3)[C@@H]2SC1)N=C(N)N. The number of pyridine rings is 1. The Balaban J connectivity index is 1.50. The number of anilines is 1. The molecule has 2 amide bonds. The molecule has 39 heavy (non-hydrogen) atoms. The van der Waals surface area contributed by atoms with E-state index in [0.717, 1.165) is 26.0 Å². The number of nitrogens with zero attached hydrogens (tertiary/aromatic N) is 5. The maximum atomic E-state index is 13.0. The highest BCUT2D eigenvalue weighted by molar-refractivity contribution is 8.07. The van der Waals surface area contributed by atoms with Gasteiger partial charge in [0.2, 0.25) is 6.04 Å². The maximum absolute atomic E-state index is 13.0. The first-order valence-corrected chi connectivity index (χ1v) is 14.9. The average Bonchev–Trinajstić information content (AvgIpc) is 3.31. The van der Waals surface area contributed by atoms with Gasteiger partial charge in [-0.3, -0.25) is 19.5 Å². The van der Waals surface area contributed by atoms with Crippen LogP contribution in [0.15, 0.2) is 54.4 Å². The lowest BCUT2D eigenvalue weighted by Crippen LogP contribution is -2.70. The van der Waals surface area contributed by atoms with Gasteiger partial charge in [-0.1, -0.05) is 11.8 Å². The van der Waals surface area contributed by atoms with Gasteiger partial charge in [0.05, 0.1) is 11.7 Å². The largest absolute Gasteiger partial charge is 0.477 e. The second-order valence-electron chi connectivity index (χ2n) is 8.23. The molecule has 1 fully saturated rings. The van der Waals surface area contributed by atoms with Gasteiger partial charge >= 0.3 is 5.97 Å². The van der Waals surface area contributed by atoms with Gasteiger partial charge in [0.15, 0.2) is 11.1 Å². The molecular weight excluding hydrogens is 587 g/mol. The number of carbonyl (C=O) groups excluding carboxylic acids is 2. The molecule has 0 bridgehead atoms. The third kappa shape index (κ3) is 6.29. The Morgan fingerprint density at radius 1 is 1.36 bits per heavy atom. The smallest absolute Gasteiger partial charge is 0.353 e. The lowest BCUT2D eigenvalue weighted by atomic mass is 10.0. The molecule has 8 N–H and O–H groups in total. The maximum Gasteiger partial charge on any atom is 0.353 e. The number of carboxylic acids is 1. The molecule has 4 atom stereocenters. The van der Waals surface area contributed by atoms with Gasteiger partial charge < -0.3 is 27.6 Å². The van der Waals surface area contributed by atoms with Crippen LogP contribution in [0, 0.1) is 4.91 Å². The van der Waals surface area contributed by atoms with Crippen LogP contribution in [0.1, 0.15) is 18.7 Å². The molecular formula is C21H23N9O5S4. The first-order chi connectivity index (χ1) is 18.6. The van der Waals surface area contributed by atoms with Crippen molar-refractivity contribution in [1.82, 2.24) is 20.2 Å². The minimum atomic E-state index is -1.48. The number of hydrogen-bond acceptors (Lipinski definition) is 13. The van der Waals surface area contributed by atoms with E-state index in [2.05, 4.69) is 25.5 Å². The Kier molecular flexibility index (Phi) is 8.98. The minimum absolute atomic E-state index is 0.00611. The molecule has 2 unspecified atom stereocenters. The van der Waals surface area contributed by atoms with Crippen LogP contribution in [0.5, 0.6) is 0 Å². The molecule has 0 spiro atoms. The van der Waals surface area contributed by atoms with Crippen molar-refractivity contribution in [2.24, 2.45) is 21.6 Å². The molecule has 2 aliphatic rings. The number of amides is 2. The standard InChI is InChI=1S/C21H23N9O5S4/c1-8(26-20(22)23)5-36-11-4-25-3-2-10(11)39-12-7-37-18-14(17(32)30(18)15(12)19(33)34)28-16(31)13(29-35)9-6-38-21(24)27-9/h2-4,6,8,13-14,18H,5,7H2,1H3,(H2,24,27)(H,28,31)(H,33,34)(H4,22,23,26)/t8?,13?,14-,18+/m1/s1. The van der Waals surface area contributed by atoms with Gasteiger partial charge in [-0.15, -0.1) is 39.8 Å². The molecule has 2 aromatic rings.